The number of para-hydroxylation sites is 1. The van der Waals surface area contributed by atoms with Gasteiger partial charge in [-0.05, 0) is 67.3 Å². The van der Waals surface area contributed by atoms with Crippen molar-refractivity contribution in [2.24, 2.45) is 0 Å². The van der Waals surface area contributed by atoms with Crippen LogP contribution in [0.25, 0.3) is 0 Å². The SMILES string of the molecule is CC(NC(=O)c1cc(S(=O)(=O)N2CCCc3ccccc32)ccc1Cl)c1ccc(C#N)cc1. The molecule has 33 heavy (non-hydrogen) atoms. The Bertz CT molecular complexity index is 1350. The van der Waals surface area contributed by atoms with Crippen molar-refractivity contribution < 1.29 is 13.2 Å². The summed E-state index contributed by atoms with van der Waals surface area (Å²) in [6.07, 6.45) is 1.54. The number of rotatable bonds is 5. The lowest BCUT2D eigenvalue weighted by atomic mass is 10.0. The van der Waals surface area contributed by atoms with Gasteiger partial charge in [-0.3, -0.25) is 9.10 Å². The molecule has 0 bridgehead atoms. The first-order valence-corrected chi connectivity index (χ1v) is 12.3. The first-order chi connectivity index (χ1) is 15.8. The Balaban J connectivity index is 1.61. The standard InChI is InChI=1S/C25H22ClN3O3S/c1-17(19-10-8-18(16-27)9-11-19)28-25(30)22-15-21(12-13-23(22)26)33(31,32)29-14-4-6-20-5-2-3-7-24(20)29/h2-3,5,7-13,15,17H,4,6,14H2,1H3,(H,28,30). The Labute approximate surface area is 198 Å². The van der Waals surface area contributed by atoms with Gasteiger partial charge in [-0.2, -0.15) is 5.26 Å². The van der Waals surface area contributed by atoms with Gasteiger partial charge in [0.2, 0.25) is 0 Å². The van der Waals surface area contributed by atoms with E-state index in [0.717, 1.165) is 24.0 Å². The highest BCUT2D eigenvalue weighted by atomic mass is 35.5. The van der Waals surface area contributed by atoms with Crippen LogP contribution in [-0.4, -0.2) is 20.9 Å². The molecule has 0 saturated heterocycles. The van der Waals surface area contributed by atoms with E-state index < -0.39 is 15.9 Å². The van der Waals surface area contributed by atoms with Crippen molar-refractivity contribution in [2.75, 3.05) is 10.8 Å². The van der Waals surface area contributed by atoms with Crippen LogP contribution in [0.2, 0.25) is 5.02 Å². The summed E-state index contributed by atoms with van der Waals surface area (Å²) < 4.78 is 28.3. The van der Waals surface area contributed by atoms with Gasteiger partial charge in [0.25, 0.3) is 15.9 Å². The van der Waals surface area contributed by atoms with E-state index in [1.165, 1.54) is 22.5 Å². The number of halogens is 1. The summed E-state index contributed by atoms with van der Waals surface area (Å²) in [5.74, 6) is -0.479. The molecule has 1 aliphatic rings. The summed E-state index contributed by atoms with van der Waals surface area (Å²) in [4.78, 5) is 13.0. The van der Waals surface area contributed by atoms with Crippen molar-refractivity contribution >= 4 is 33.2 Å². The summed E-state index contributed by atoms with van der Waals surface area (Å²) in [6, 6.07) is 20.2. The van der Waals surface area contributed by atoms with Crippen LogP contribution in [0.4, 0.5) is 5.69 Å². The zero-order valence-corrected chi connectivity index (χ0v) is 19.5. The van der Waals surface area contributed by atoms with Gasteiger partial charge in [0.05, 0.1) is 38.8 Å². The predicted molar refractivity (Wildman–Crippen MR) is 128 cm³/mol. The molecule has 1 N–H and O–H groups in total. The van der Waals surface area contributed by atoms with Crippen LogP contribution in [0.15, 0.2) is 71.6 Å². The Morgan fingerprint density at radius 3 is 2.58 bits per heavy atom. The highest BCUT2D eigenvalue weighted by Crippen LogP contribution is 2.33. The highest BCUT2D eigenvalue weighted by molar-refractivity contribution is 7.92. The van der Waals surface area contributed by atoms with Crippen molar-refractivity contribution in [3.8, 4) is 6.07 Å². The summed E-state index contributed by atoms with van der Waals surface area (Å²) in [5, 5.41) is 12.0. The Hall–Kier alpha value is -3.34. The molecular weight excluding hydrogens is 458 g/mol. The fraction of sp³-hybridized carbons (Fsp3) is 0.200. The largest absolute Gasteiger partial charge is 0.345 e. The monoisotopic (exact) mass is 479 g/mol. The van der Waals surface area contributed by atoms with Gasteiger partial charge in [0.15, 0.2) is 0 Å². The Morgan fingerprint density at radius 1 is 1.12 bits per heavy atom. The smallest absolute Gasteiger partial charge is 0.264 e. The van der Waals surface area contributed by atoms with E-state index >= 15 is 0 Å². The van der Waals surface area contributed by atoms with Crippen molar-refractivity contribution in [2.45, 2.75) is 30.7 Å². The minimum atomic E-state index is -3.87. The number of nitrogens with one attached hydrogen (secondary N) is 1. The molecule has 1 atom stereocenters. The van der Waals surface area contributed by atoms with Crippen LogP contribution in [-0.2, 0) is 16.4 Å². The van der Waals surface area contributed by atoms with Gasteiger partial charge in [-0.15, -0.1) is 0 Å². The molecule has 168 valence electrons. The van der Waals surface area contributed by atoms with E-state index in [1.807, 2.05) is 18.2 Å². The molecule has 0 fully saturated rings. The molecule has 1 amide bonds. The molecule has 0 aliphatic carbocycles. The number of anilines is 1. The van der Waals surface area contributed by atoms with Gasteiger partial charge in [-0.1, -0.05) is 41.9 Å². The Kier molecular flexibility index (Phi) is 6.41. The lowest BCUT2D eigenvalue weighted by Gasteiger charge is -2.30. The van der Waals surface area contributed by atoms with Gasteiger partial charge in [-0.25, -0.2) is 8.42 Å². The number of nitrogens with zero attached hydrogens (tertiary/aromatic N) is 2. The second-order valence-corrected chi connectivity index (χ2v) is 10.1. The number of hydrogen-bond acceptors (Lipinski definition) is 4. The molecule has 6 nitrogen and oxygen atoms in total. The lowest BCUT2D eigenvalue weighted by Crippen LogP contribution is -2.35. The molecule has 0 spiro atoms. The third-order valence-electron chi connectivity index (χ3n) is 5.73. The maximum absolute atomic E-state index is 13.5. The number of fused-ring (bicyclic) bond motifs is 1. The van der Waals surface area contributed by atoms with Crippen molar-refractivity contribution in [1.29, 1.82) is 5.26 Å². The quantitative estimate of drug-likeness (QED) is 0.566. The predicted octanol–water partition coefficient (Wildman–Crippen LogP) is 4.84. The van der Waals surface area contributed by atoms with Gasteiger partial charge in [0, 0.05) is 6.54 Å². The van der Waals surface area contributed by atoms with E-state index in [0.29, 0.717) is 17.8 Å². The molecule has 1 aliphatic heterocycles. The minimum absolute atomic E-state index is 0.0137. The molecular formula is C25H22ClN3O3S. The average molecular weight is 480 g/mol. The third kappa shape index (κ3) is 4.58. The fourth-order valence-corrected chi connectivity index (χ4v) is 5.69. The van der Waals surface area contributed by atoms with Gasteiger partial charge < -0.3 is 5.32 Å². The third-order valence-corrected chi connectivity index (χ3v) is 7.86. The molecule has 3 aromatic rings. The number of benzene rings is 3. The van der Waals surface area contributed by atoms with Crippen LogP contribution in [0.3, 0.4) is 0 Å². The highest BCUT2D eigenvalue weighted by Gasteiger charge is 2.30. The van der Waals surface area contributed by atoms with E-state index in [2.05, 4.69) is 11.4 Å². The molecule has 0 radical (unpaired) electrons. The molecule has 8 heteroatoms. The van der Waals surface area contributed by atoms with E-state index in [9.17, 15) is 13.2 Å². The average Bonchev–Trinajstić information content (AvgIpc) is 2.83. The number of sulfonamides is 1. The number of hydrogen-bond donors (Lipinski definition) is 1. The maximum atomic E-state index is 13.5. The van der Waals surface area contributed by atoms with E-state index in [4.69, 9.17) is 16.9 Å². The zero-order chi connectivity index (χ0) is 23.6. The lowest BCUT2D eigenvalue weighted by molar-refractivity contribution is 0.0940. The molecule has 0 saturated carbocycles. The molecule has 1 unspecified atom stereocenters. The van der Waals surface area contributed by atoms with Crippen LogP contribution in [0.5, 0.6) is 0 Å². The van der Waals surface area contributed by atoms with E-state index in [1.54, 1.807) is 37.3 Å². The van der Waals surface area contributed by atoms with Crippen LogP contribution >= 0.6 is 11.6 Å². The minimum Gasteiger partial charge on any atom is -0.345 e. The maximum Gasteiger partial charge on any atom is 0.264 e. The number of amides is 1. The normalized spacial score (nSPS) is 14.2. The van der Waals surface area contributed by atoms with Crippen molar-refractivity contribution in [3.05, 3.63) is 94.0 Å². The molecule has 0 aromatic heterocycles. The topological polar surface area (TPSA) is 90.3 Å². The molecule has 3 aromatic carbocycles. The summed E-state index contributed by atoms with van der Waals surface area (Å²) in [7, 11) is -3.87. The second-order valence-electron chi connectivity index (χ2n) is 7.88. The summed E-state index contributed by atoms with van der Waals surface area (Å²) in [6.45, 7) is 2.18. The van der Waals surface area contributed by atoms with Crippen LogP contribution in [0.1, 0.15) is 46.4 Å². The van der Waals surface area contributed by atoms with Crippen LogP contribution < -0.4 is 9.62 Å². The van der Waals surface area contributed by atoms with E-state index in [-0.39, 0.29) is 21.5 Å². The first kappa shape index (κ1) is 22.8. The first-order valence-electron chi connectivity index (χ1n) is 10.5. The summed E-state index contributed by atoms with van der Waals surface area (Å²) >= 11 is 6.27. The van der Waals surface area contributed by atoms with Crippen molar-refractivity contribution in [1.82, 2.24) is 5.32 Å². The number of carbonyl (C=O) groups excluding carboxylic acids is 1. The number of aryl methyl sites for hydroxylation is 1. The number of nitriles is 1. The zero-order valence-electron chi connectivity index (χ0n) is 18.0. The van der Waals surface area contributed by atoms with Crippen molar-refractivity contribution in [3.63, 3.8) is 0 Å². The second kappa shape index (κ2) is 9.26. The van der Waals surface area contributed by atoms with Gasteiger partial charge >= 0.3 is 0 Å². The number of carbonyl (C=O) groups is 1. The Morgan fingerprint density at radius 2 is 1.85 bits per heavy atom. The summed E-state index contributed by atoms with van der Waals surface area (Å²) in [5.41, 5.74) is 3.07. The van der Waals surface area contributed by atoms with Crippen LogP contribution in [0, 0.1) is 11.3 Å². The fourth-order valence-electron chi connectivity index (χ4n) is 3.92. The molecule has 1 heterocycles. The van der Waals surface area contributed by atoms with Gasteiger partial charge in [0.1, 0.15) is 0 Å². The molecule has 4 rings (SSSR count).